The highest BCUT2D eigenvalue weighted by atomic mass is 35.5. The SMILES string of the molecule is Cl.Cl.Fc1ccc(-c2ccc(CNCCCN3CCOCC3)o2)cc1. The summed E-state index contributed by atoms with van der Waals surface area (Å²) in [6, 6.07) is 10.2. The molecule has 3 rings (SSSR count). The molecule has 2 aromatic rings. The molecule has 0 bridgehead atoms. The van der Waals surface area contributed by atoms with E-state index in [1.807, 2.05) is 12.1 Å². The molecule has 0 unspecified atom stereocenters. The van der Waals surface area contributed by atoms with Gasteiger partial charge in [0.1, 0.15) is 17.3 Å². The van der Waals surface area contributed by atoms with E-state index in [4.69, 9.17) is 9.15 Å². The van der Waals surface area contributed by atoms with Crippen LogP contribution in [0.15, 0.2) is 40.8 Å². The van der Waals surface area contributed by atoms with Crippen LogP contribution < -0.4 is 5.32 Å². The molecule has 0 radical (unpaired) electrons. The van der Waals surface area contributed by atoms with Gasteiger partial charge in [0.2, 0.25) is 0 Å². The summed E-state index contributed by atoms with van der Waals surface area (Å²) in [5, 5.41) is 3.40. The van der Waals surface area contributed by atoms with Crippen LogP contribution in [0.2, 0.25) is 0 Å². The first kappa shape index (κ1) is 21.9. The summed E-state index contributed by atoms with van der Waals surface area (Å²) in [4.78, 5) is 2.44. The molecule has 140 valence electrons. The number of benzene rings is 1. The van der Waals surface area contributed by atoms with Gasteiger partial charge >= 0.3 is 0 Å². The standard InChI is InChI=1S/C18H23FN2O2.2ClH/c19-16-4-2-15(3-5-16)18-7-6-17(23-18)14-20-8-1-9-21-10-12-22-13-11-21;;/h2-7,20H,1,8-14H2;2*1H. The Kier molecular flexibility index (Phi) is 10.1. The molecule has 1 fully saturated rings. The highest BCUT2D eigenvalue weighted by Gasteiger charge is 2.09. The van der Waals surface area contributed by atoms with Gasteiger partial charge in [-0.15, -0.1) is 24.8 Å². The van der Waals surface area contributed by atoms with E-state index in [-0.39, 0.29) is 30.6 Å². The van der Waals surface area contributed by atoms with E-state index >= 15 is 0 Å². The minimum atomic E-state index is -0.234. The molecule has 4 nitrogen and oxygen atoms in total. The number of hydrogen-bond donors (Lipinski definition) is 1. The number of nitrogens with zero attached hydrogens (tertiary/aromatic N) is 1. The topological polar surface area (TPSA) is 37.6 Å². The second-order valence-electron chi connectivity index (χ2n) is 5.76. The first-order valence-corrected chi connectivity index (χ1v) is 8.17. The maximum Gasteiger partial charge on any atom is 0.134 e. The molecular formula is C18H25Cl2FN2O2. The van der Waals surface area contributed by atoms with Crippen molar-refractivity contribution in [2.45, 2.75) is 13.0 Å². The Morgan fingerprint density at radius 3 is 2.44 bits per heavy atom. The summed E-state index contributed by atoms with van der Waals surface area (Å²) in [6.45, 7) is 6.57. The van der Waals surface area contributed by atoms with E-state index in [0.29, 0.717) is 6.54 Å². The Morgan fingerprint density at radius 2 is 1.72 bits per heavy atom. The normalized spacial score (nSPS) is 14.6. The molecule has 1 saturated heterocycles. The molecule has 7 heteroatoms. The predicted molar refractivity (Wildman–Crippen MR) is 102 cm³/mol. The van der Waals surface area contributed by atoms with Crippen molar-refractivity contribution in [2.24, 2.45) is 0 Å². The first-order chi connectivity index (χ1) is 11.3. The number of furan rings is 1. The molecule has 1 aliphatic rings. The van der Waals surface area contributed by atoms with Crippen molar-refractivity contribution in [2.75, 3.05) is 39.4 Å². The average molecular weight is 391 g/mol. The molecule has 25 heavy (non-hydrogen) atoms. The van der Waals surface area contributed by atoms with Gasteiger partial charge in [-0.1, -0.05) is 0 Å². The van der Waals surface area contributed by atoms with E-state index in [1.54, 1.807) is 12.1 Å². The van der Waals surface area contributed by atoms with Crippen molar-refractivity contribution in [1.29, 1.82) is 0 Å². The van der Waals surface area contributed by atoms with Crippen molar-refractivity contribution in [3.8, 4) is 11.3 Å². The number of rotatable bonds is 7. The Hall–Kier alpha value is -1.11. The zero-order chi connectivity index (χ0) is 15.9. The maximum absolute atomic E-state index is 12.9. The van der Waals surface area contributed by atoms with Crippen molar-refractivity contribution < 1.29 is 13.5 Å². The van der Waals surface area contributed by atoms with E-state index < -0.39 is 0 Å². The second-order valence-corrected chi connectivity index (χ2v) is 5.76. The molecule has 0 atom stereocenters. The van der Waals surface area contributed by atoms with Gasteiger partial charge in [-0.3, -0.25) is 4.90 Å². The summed E-state index contributed by atoms with van der Waals surface area (Å²) in [6.07, 6.45) is 1.12. The number of ether oxygens (including phenoxy) is 1. The summed E-state index contributed by atoms with van der Waals surface area (Å²) in [5.41, 5.74) is 0.893. The third-order valence-electron chi connectivity index (χ3n) is 4.02. The average Bonchev–Trinajstić information content (AvgIpc) is 3.05. The largest absolute Gasteiger partial charge is 0.460 e. The smallest absolute Gasteiger partial charge is 0.134 e. The molecular weight excluding hydrogens is 366 g/mol. The fourth-order valence-corrected chi connectivity index (χ4v) is 2.71. The zero-order valence-corrected chi connectivity index (χ0v) is 15.7. The van der Waals surface area contributed by atoms with Gasteiger partial charge in [0.05, 0.1) is 19.8 Å². The van der Waals surface area contributed by atoms with E-state index in [2.05, 4.69) is 10.2 Å². The highest BCUT2D eigenvalue weighted by molar-refractivity contribution is 5.85. The van der Waals surface area contributed by atoms with Crippen molar-refractivity contribution in [3.63, 3.8) is 0 Å². The van der Waals surface area contributed by atoms with Crippen LogP contribution in [0.5, 0.6) is 0 Å². The van der Waals surface area contributed by atoms with Crippen LogP contribution in [0.3, 0.4) is 0 Å². The molecule has 1 N–H and O–H groups in total. The summed E-state index contributed by atoms with van der Waals surface area (Å²) in [7, 11) is 0. The van der Waals surface area contributed by atoms with Crippen LogP contribution in [-0.2, 0) is 11.3 Å². The molecule has 0 amide bonds. The third kappa shape index (κ3) is 6.96. The van der Waals surface area contributed by atoms with Crippen LogP contribution in [0.1, 0.15) is 12.2 Å². The molecule has 2 heterocycles. The van der Waals surface area contributed by atoms with Gasteiger partial charge in [0.25, 0.3) is 0 Å². The van der Waals surface area contributed by atoms with Gasteiger partial charge in [0, 0.05) is 18.7 Å². The number of morpholine rings is 1. The summed E-state index contributed by atoms with van der Waals surface area (Å²) >= 11 is 0. The molecule has 0 aliphatic carbocycles. The number of halogens is 3. The number of nitrogens with one attached hydrogen (secondary N) is 1. The molecule has 1 aromatic heterocycles. The lowest BCUT2D eigenvalue weighted by Crippen LogP contribution is -2.37. The molecule has 0 saturated carbocycles. The Morgan fingerprint density at radius 1 is 1.00 bits per heavy atom. The first-order valence-electron chi connectivity index (χ1n) is 8.17. The van der Waals surface area contributed by atoms with Crippen LogP contribution >= 0.6 is 24.8 Å². The zero-order valence-electron chi connectivity index (χ0n) is 14.1. The van der Waals surface area contributed by atoms with Crippen molar-refractivity contribution in [1.82, 2.24) is 10.2 Å². The lowest BCUT2D eigenvalue weighted by atomic mass is 10.2. The van der Waals surface area contributed by atoms with Gasteiger partial charge < -0.3 is 14.5 Å². The lowest BCUT2D eigenvalue weighted by molar-refractivity contribution is 0.0374. The van der Waals surface area contributed by atoms with Crippen LogP contribution in [0.4, 0.5) is 4.39 Å². The molecule has 1 aliphatic heterocycles. The number of hydrogen-bond acceptors (Lipinski definition) is 4. The van der Waals surface area contributed by atoms with Crippen molar-refractivity contribution >= 4 is 24.8 Å². The Balaban J connectivity index is 0.00000156. The van der Waals surface area contributed by atoms with Gasteiger partial charge in [0.15, 0.2) is 0 Å². The monoisotopic (exact) mass is 390 g/mol. The maximum atomic E-state index is 12.9. The van der Waals surface area contributed by atoms with Crippen LogP contribution in [0.25, 0.3) is 11.3 Å². The molecule has 1 aromatic carbocycles. The van der Waals surface area contributed by atoms with Crippen LogP contribution in [-0.4, -0.2) is 44.3 Å². The van der Waals surface area contributed by atoms with E-state index in [1.165, 1.54) is 12.1 Å². The summed E-state index contributed by atoms with van der Waals surface area (Å²) < 4.78 is 24.1. The van der Waals surface area contributed by atoms with E-state index in [0.717, 1.165) is 62.9 Å². The quantitative estimate of drug-likeness (QED) is 0.730. The third-order valence-corrected chi connectivity index (χ3v) is 4.02. The molecule has 0 spiro atoms. The predicted octanol–water partition coefficient (Wildman–Crippen LogP) is 3.74. The van der Waals surface area contributed by atoms with Crippen molar-refractivity contribution in [3.05, 3.63) is 48.0 Å². The van der Waals surface area contributed by atoms with Gasteiger partial charge in [-0.2, -0.15) is 0 Å². The fourth-order valence-electron chi connectivity index (χ4n) is 2.71. The minimum absolute atomic E-state index is 0. The fraction of sp³-hybridized carbons (Fsp3) is 0.444. The van der Waals surface area contributed by atoms with Gasteiger partial charge in [-0.05, 0) is 55.9 Å². The van der Waals surface area contributed by atoms with Crippen LogP contribution in [0, 0.1) is 5.82 Å². The second kappa shape index (κ2) is 11.5. The Bertz CT molecular complexity index is 601. The summed E-state index contributed by atoms with van der Waals surface area (Å²) in [5.74, 6) is 1.44. The lowest BCUT2D eigenvalue weighted by Gasteiger charge is -2.26. The Labute approximate surface area is 160 Å². The van der Waals surface area contributed by atoms with Gasteiger partial charge in [-0.25, -0.2) is 4.39 Å². The minimum Gasteiger partial charge on any atom is -0.460 e. The van der Waals surface area contributed by atoms with E-state index in [9.17, 15) is 4.39 Å². The highest BCUT2D eigenvalue weighted by Crippen LogP contribution is 2.22.